The van der Waals surface area contributed by atoms with Crippen molar-refractivity contribution in [2.24, 2.45) is 10.2 Å². The number of carbonyl (C=O) groups is 4. The van der Waals surface area contributed by atoms with Gasteiger partial charge >= 0.3 is 0 Å². The van der Waals surface area contributed by atoms with Gasteiger partial charge in [-0.05, 0) is 0 Å². The number of fused-ring (bicyclic) bond motifs is 2. The maximum atomic E-state index is 12.4. The summed E-state index contributed by atoms with van der Waals surface area (Å²) in [6, 6.07) is 12.8. The number of carbonyl (C=O) groups excluding carboxylic acids is 4. The van der Waals surface area contributed by atoms with Crippen molar-refractivity contribution in [2.75, 3.05) is 0 Å². The van der Waals surface area contributed by atoms with Gasteiger partial charge in [-0.15, -0.1) is 10.2 Å². The molecule has 0 aliphatic heterocycles. The van der Waals surface area contributed by atoms with Crippen molar-refractivity contribution >= 4 is 23.1 Å². The number of allylic oxidation sites excluding steroid dienone is 4. The Morgan fingerprint density at radius 3 is 1.23 bits per heavy atom. The number of nitrogens with zero attached hydrogens (tertiary/aromatic N) is 2. The summed E-state index contributed by atoms with van der Waals surface area (Å²) in [5.41, 5.74) is 0.725. The summed E-state index contributed by atoms with van der Waals surface area (Å²) in [4.78, 5) is 49.1. The van der Waals surface area contributed by atoms with Crippen LogP contribution in [0.2, 0.25) is 0 Å². The molecule has 0 amide bonds. The first-order valence-electron chi connectivity index (χ1n) is 7.77. The highest BCUT2D eigenvalue weighted by Gasteiger charge is 2.27. The fourth-order valence-electron chi connectivity index (χ4n) is 2.86. The van der Waals surface area contributed by atoms with Crippen molar-refractivity contribution in [3.63, 3.8) is 0 Å². The number of rotatable bonds is 2. The zero-order chi connectivity index (χ0) is 18.3. The van der Waals surface area contributed by atoms with Gasteiger partial charge in [0.15, 0.2) is 11.6 Å². The lowest BCUT2D eigenvalue weighted by Crippen LogP contribution is -2.17. The second-order valence-electron chi connectivity index (χ2n) is 5.74. The zero-order valence-electron chi connectivity index (χ0n) is 13.3. The molecule has 0 aromatic heterocycles. The standard InChI is InChI=1S/C20H10N2O4/c23-17-9-15(19(25)13-7-3-1-5-11(13)17)21-22-16-10-18(24)12-6-2-4-8-14(12)20(16)26/h1-10H. The van der Waals surface area contributed by atoms with Gasteiger partial charge in [0, 0.05) is 34.4 Å². The van der Waals surface area contributed by atoms with Gasteiger partial charge in [0.2, 0.25) is 11.6 Å². The Morgan fingerprint density at radius 1 is 0.500 bits per heavy atom. The van der Waals surface area contributed by atoms with Crippen molar-refractivity contribution in [1.82, 2.24) is 0 Å². The topological polar surface area (TPSA) is 93.0 Å². The molecule has 0 saturated heterocycles. The maximum Gasteiger partial charge on any atom is 0.214 e. The van der Waals surface area contributed by atoms with E-state index in [1.807, 2.05) is 0 Å². The van der Waals surface area contributed by atoms with E-state index in [0.717, 1.165) is 12.2 Å². The van der Waals surface area contributed by atoms with Gasteiger partial charge in [-0.1, -0.05) is 48.5 Å². The molecular formula is C20H10N2O4. The summed E-state index contributed by atoms with van der Waals surface area (Å²) in [5, 5.41) is 7.54. The van der Waals surface area contributed by atoms with Gasteiger partial charge in [0.05, 0.1) is 0 Å². The van der Waals surface area contributed by atoms with Crippen LogP contribution >= 0.6 is 0 Å². The first-order chi connectivity index (χ1) is 12.6. The Labute approximate surface area is 147 Å². The number of Topliss-reactive ketones (excluding diaryl/α,β-unsaturated/α-hetero) is 2. The molecule has 0 atom stereocenters. The minimum Gasteiger partial charge on any atom is -0.289 e. The summed E-state index contributed by atoms with van der Waals surface area (Å²) >= 11 is 0. The number of hydrogen-bond acceptors (Lipinski definition) is 6. The smallest absolute Gasteiger partial charge is 0.214 e. The van der Waals surface area contributed by atoms with Crippen LogP contribution in [-0.4, -0.2) is 23.1 Å². The van der Waals surface area contributed by atoms with E-state index >= 15 is 0 Å². The number of benzene rings is 2. The highest BCUT2D eigenvalue weighted by molar-refractivity contribution is 6.25. The van der Waals surface area contributed by atoms with Crippen LogP contribution in [0, 0.1) is 0 Å². The van der Waals surface area contributed by atoms with Crippen LogP contribution in [0.25, 0.3) is 0 Å². The van der Waals surface area contributed by atoms with Crippen LogP contribution in [0.4, 0.5) is 0 Å². The molecule has 0 radical (unpaired) electrons. The molecule has 0 bridgehead atoms. The molecule has 2 aliphatic carbocycles. The van der Waals surface area contributed by atoms with Gasteiger partial charge in [0.1, 0.15) is 11.4 Å². The molecule has 4 rings (SSSR count). The minimum atomic E-state index is -0.459. The van der Waals surface area contributed by atoms with E-state index in [-0.39, 0.29) is 34.1 Å². The van der Waals surface area contributed by atoms with E-state index in [0.29, 0.717) is 11.1 Å². The van der Waals surface area contributed by atoms with Crippen molar-refractivity contribution in [3.05, 3.63) is 94.3 Å². The molecule has 2 aromatic rings. The SMILES string of the molecule is O=C1C=C(N=NC2=CC(=O)c3ccccc3C2=O)C(=O)c2ccccc21. The van der Waals surface area contributed by atoms with Gasteiger partial charge in [-0.3, -0.25) is 19.2 Å². The fraction of sp³-hybridized carbons (Fsp3) is 0. The third-order valence-corrected chi connectivity index (χ3v) is 4.14. The number of azo groups is 1. The van der Waals surface area contributed by atoms with Crippen molar-refractivity contribution in [2.45, 2.75) is 0 Å². The first-order valence-corrected chi connectivity index (χ1v) is 7.77. The Morgan fingerprint density at radius 2 is 0.846 bits per heavy atom. The number of ketones is 4. The van der Waals surface area contributed by atoms with Crippen molar-refractivity contribution in [1.29, 1.82) is 0 Å². The van der Waals surface area contributed by atoms with Crippen LogP contribution in [0.3, 0.4) is 0 Å². The van der Waals surface area contributed by atoms with E-state index in [9.17, 15) is 19.2 Å². The molecule has 2 aromatic carbocycles. The quantitative estimate of drug-likeness (QED) is 0.782. The second kappa shape index (κ2) is 5.93. The molecule has 0 unspecified atom stereocenters. The number of hydrogen-bond donors (Lipinski definition) is 0. The van der Waals surface area contributed by atoms with Gasteiger partial charge in [0.25, 0.3) is 0 Å². The maximum absolute atomic E-state index is 12.4. The molecule has 0 heterocycles. The van der Waals surface area contributed by atoms with Crippen LogP contribution in [0.1, 0.15) is 41.4 Å². The molecule has 0 N–H and O–H groups in total. The normalized spacial score (nSPS) is 16.3. The van der Waals surface area contributed by atoms with E-state index < -0.39 is 11.6 Å². The Kier molecular flexibility index (Phi) is 3.58. The molecule has 26 heavy (non-hydrogen) atoms. The Bertz CT molecular complexity index is 1020. The van der Waals surface area contributed by atoms with Crippen LogP contribution in [0.5, 0.6) is 0 Å². The molecule has 6 heteroatoms. The summed E-state index contributed by atoms with van der Waals surface area (Å²) in [7, 11) is 0. The third-order valence-electron chi connectivity index (χ3n) is 4.14. The van der Waals surface area contributed by atoms with Crippen LogP contribution in [-0.2, 0) is 0 Å². The van der Waals surface area contributed by atoms with Crippen molar-refractivity contribution < 1.29 is 19.2 Å². The van der Waals surface area contributed by atoms with Crippen molar-refractivity contribution in [3.8, 4) is 0 Å². The van der Waals surface area contributed by atoms with Gasteiger partial charge in [-0.25, -0.2) is 0 Å². The summed E-state index contributed by atoms with van der Waals surface area (Å²) in [6.45, 7) is 0. The molecular weight excluding hydrogens is 332 g/mol. The van der Waals surface area contributed by atoms with Crippen LogP contribution < -0.4 is 0 Å². The fourth-order valence-corrected chi connectivity index (χ4v) is 2.86. The lowest BCUT2D eigenvalue weighted by atomic mass is 9.93. The molecule has 124 valence electrons. The lowest BCUT2D eigenvalue weighted by molar-refractivity contribution is 0.0978. The summed E-state index contributed by atoms with van der Waals surface area (Å²) in [6.07, 6.45) is 2.16. The van der Waals surface area contributed by atoms with E-state index in [1.54, 1.807) is 36.4 Å². The average molecular weight is 342 g/mol. The minimum absolute atomic E-state index is 0.172. The average Bonchev–Trinajstić information content (AvgIpc) is 2.67. The molecule has 0 spiro atoms. The Hall–Kier alpha value is -3.80. The predicted molar refractivity (Wildman–Crippen MR) is 91.2 cm³/mol. The molecule has 6 nitrogen and oxygen atoms in total. The molecule has 0 fully saturated rings. The van der Waals surface area contributed by atoms with Gasteiger partial charge < -0.3 is 0 Å². The molecule has 2 aliphatic rings. The molecule has 0 saturated carbocycles. The highest BCUT2D eigenvalue weighted by atomic mass is 16.1. The van der Waals surface area contributed by atoms with E-state index in [1.165, 1.54) is 12.1 Å². The summed E-state index contributed by atoms with van der Waals surface area (Å²) < 4.78 is 0. The van der Waals surface area contributed by atoms with Crippen LogP contribution in [0.15, 0.2) is 82.3 Å². The predicted octanol–water partition coefficient (Wildman–Crippen LogP) is 3.36. The summed E-state index contributed by atoms with van der Waals surface area (Å²) in [5.74, 6) is -1.64. The third kappa shape index (κ3) is 2.44. The second-order valence-corrected chi connectivity index (χ2v) is 5.74. The van der Waals surface area contributed by atoms with Gasteiger partial charge in [-0.2, -0.15) is 0 Å². The Balaban J connectivity index is 1.68. The zero-order valence-corrected chi connectivity index (χ0v) is 13.3. The first kappa shape index (κ1) is 15.7. The van der Waals surface area contributed by atoms with E-state index in [4.69, 9.17) is 0 Å². The van der Waals surface area contributed by atoms with E-state index in [2.05, 4.69) is 10.2 Å². The largest absolute Gasteiger partial charge is 0.289 e. The lowest BCUT2D eigenvalue weighted by Gasteiger charge is -2.12. The monoisotopic (exact) mass is 342 g/mol. The highest BCUT2D eigenvalue weighted by Crippen LogP contribution is 2.25.